The number of nitrogens with one attached hydrogen (secondary N) is 1. The maximum atomic E-state index is 12.3. The van der Waals surface area contributed by atoms with E-state index in [-0.39, 0.29) is 5.69 Å². The molecule has 2 heterocycles. The second-order valence-electron chi connectivity index (χ2n) is 4.00. The smallest absolute Gasteiger partial charge is 0.333 e. The van der Waals surface area contributed by atoms with Crippen LogP contribution in [0.15, 0.2) is 17.6 Å². The lowest BCUT2D eigenvalue weighted by Gasteiger charge is -2.02. The first-order valence-electron chi connectivity index (χ1n) is 5.87. The number of halogens is 2. The van der Waals surface area contributed by atoms with Gasteiger partial charge in [-0.2, -0.15) is 13.9 Å². The standard InChI is InChI=1S/C11H13F2N5OS/c12-10(13)18-5-3-8(17-18)9(19)15-4-1-2-7-6-20-11(14)16-7/h3,5-6,10H,1-2,4H2,(H2,14,16)(H,15,19). The van der Waals surface area contributed by atoms with Gasteiger partial charge in [-0.05, 0) is 18.9 Å². The molecule has 2 rings (SSSR count). The monoisotopic (exact) mass is 301 g/mol. The minimum atomic E-state index is -2.74. The van der Waals surface area contributed by atoms with Crippen molar-refractivity contribution in [3.63, 3.8) is 0 Å². The highest BCUT2D eigenvalue weighted by Gasteiger charge is 2.12. The van der Waals surface area contributed by atoms with Crippen LogP contribution < -0.4 is 11.1 Å². The molecule has 0 aromatic carbocycles. The fourth-order valence-electron chi connectivity index (χ4n) is 1.57. The summed E-state index contributed by atoms with van der Waals surface area (Å²) in [6, 6.07) is 1.25. The Balaban J connectivity index is 1.74. The average Bonchev–Trinajstić information content (AvgIpc) is 3.03. The van der Waals surface area contributed by atoms with E-state index in [1.807, 2.05) is 5.38 Å². The van der Waals surface area contributed by atoms with Gasteiger partial charge < -0.3 is 11.1 Å². The summed E-state index contributed by atoms with van der Waals surface area (Å²) in [5.41, 5.74) is 6.35. The van der Waals surface area contributed by atoms with Crippen LogP contribution in [0.3, 0.4) is 0 Å². The molecule has 6 nitrogen and oxygen atoms in total. The van der Waals surface area contributed by atoms with E-state index in [0.29, 0.717) is 29.2 Å². The van der Waals surface area contributed by atoms with Crippen LogP contribution in [0.5, 0.6) is 0 Å². The number of nitrogens with two attached hydrogens (primary N) is 1. The van der Waals surface area contributed by atoms with Crippen LogP contribution in [-0.4, -0.2) is 27.2 Å². The number of nitrogens with zero attached hydrogens (tertiary/aromatic N) is 3. The zero-order valence-electron chi connectivity index (χ0n) is 10.4. The van der Waals surface area contributed by atoms with Gasteiger partial charge in [0.05, 0.1) is 5.69 Å². The minimum absolute atomic E-state index is 0.0248. The first-order chi connectivity index (χ1) is 9.56. The van der Waals surface area contributed by atoms with E-state index in [0.717, 1.165) is 11.9 Å². The highest BCUT2D eigenvalue weighted by Crippen LogP contribution is 2.12. The zero-order chi connectivity index (χ0) is 14.5. The Hall–Kier alpha value is -2.03. The molecule has 0 bridgehead atoms. The number of carbonyl (C=O) groups is 1. The van der Waals surface area contributed by atoms with Gasteiger partial charge >= 0.3 is 6.55 Å². The Bertz CT molecular complexity index is 583. The molecule has 0 atom stereocenters. The summed E-state index contributed by atoms with van der Waals surface area (Å²) in [4.78, 5) is 15.7. The molecule has 2 aromatic rings. The number of nitrogen functional groups attached to an aromatic ring is 1. The van der Waals surface area contributed by atoms with Crippen molar-refractivity contribution in [2.24, 2.45) is 0 Å². The van der Waals surface area contributed by atoms with Gasteiger partial charge in [0.25, 0.3) is 5.91 Å². The molecule has 1 amide bonds. The molecule has 0 radical (unpaired) electrons. The molecule has 0 aliphatic carbocycles. The molecule has 9 heteroatoms. The normalized spacial score (nSPS) is 10.9. The first-order valence-corrected chi connectivity index (χ1v) is 6.75. The SMILES string of the molecule is Nc1nc(CCCNC(=O)c2ccn(C(F)F)n2)cs1. The number of hydrogen-bond donors (Lipinski definition) is 2. The van der Waals surface area contributed by atoms with E-state index in [1.54, 1.807) is 0 Å². The number of amides is 1. The molecule has 0 saturated heterocycles. The van der Waals surface area contributed by atoms with E-state index in [1.165, 1.54) is 17.4 Å². The van der Waals surface area contributed by atoms with Crippen LogP contribution in [0.1, 0.15) is 29.2 Å². The highest BCUT2D eigenvalue weighted by atomic mass is 32.1. The number of thiazole rings is 1. The maximum absolute atomic E-state index is 12.3. The van der Waals surface area contributed by atoms with Crippen molar-refractivity contribution in [2.75, 3.05) is 12.3 Å². The van der Waals surface area contributed by atoms with Crippen molar-refractivity contribution in [3.8, 4) is 0 Å². The third kappa shape index (κ3) is 3.73. The number of aryl methyl sites for hydroxylation is 1. The molecule has 20 heavy (non-hydrogen) atoms. The van der Waals surface area contributed by atoms with E-state index >= 15 is 0 Å². The molecular weight excluding hydrogens is 288 g/mol. The molecule has 0 aliphatic rings. The average molecular weight is 301 g/mol. The summed E-state index contributed by atoms with van der Waals surface area (Å²) in [7, 11) is 0. The molecule has 0 aliphatic heterocycles. The quantitative estimate of drug-likeness (QED) is 0.795. The number of hydrogen-bond acceptors (Lipinski definition) is 5. The predicted octanol–water partition coefficient (Wildman–Crippen LogP) is 1.68. The largest absolute Gasteiger partial charge is 0.375 e. The molecule has 0 saturated carbocycles. The number of anilines is 1. The van der Waals surface area contributed by atoms with Gasteiger partial charge in [-0.25, -0.2) is 9.67 Å². The third-order valence-electron chi connectivity index (χ3n) is 2.51. The second-order valence-corrected chi connectivity index (χ2v) is 4.88. The van der Waals surface area contributed by atoms with Gasteiger partial charge in [-0.3, -0.25) is 4.79 Å². The zero-order valence-corrected chi connectivity index (χ0v) is 11.2. The van der Waals surface area contributed by atoms with Gasteiger partial charge in [-0.1, -0.05) is 0 Å². The Morgan fingerprint density at radius 1 is 1.55 bits per heavy atom. The molecule has 2 aromatic heterocycles. The summed E-state index contributed by atoms with van der Waals surface area (Å²) < 4.78 is 25.0. The van der Waals surface area contributed by atoms with Crippen molar-refractivity contribution in [3.05, 3.63) is 29.0 Å². The predicted molar refractivity (Wildman–Crippen MR) is 70.7 cm³/mol. The Labute approximate surface area is 117 Å². The summed E-state index contributed by atoms with van der Waals surface area (Å²) in [5.74, 6) is -0.470. The lowest BCUT2D eigenvalue weighted by molar-refractivity contribution is 0.0560. The highest BCUT2D eigenvalue weighted by molar-refractivity contribution is 7.13. The first kappa shape index (κ1) is 14.4. The maximum Gasteiger partial charge on any atom is 0.333 e. The second kappa shape index (κ2) is 6.42. The third-order valence-corrected chi connectivity index (χ3v) is 3.23. The molecule has 108 valence electrons. The Morgan fingerprint density at radius 3 is 2.95 bits per heavy atom. The number of alkyl halides is 2. The molecular formula is C11H13F2N5OS. The van der Waals surface area contributed by atoms with Crippen LogP contribution in [0, 0.1) is 0 Å². The van der Waals surface area contributed by atoms with Crippen molar-refractivity contribution in [2.45, 2.75) is 19.4 Å². The summed E-state index contributed by atoms with van der Waals surface area (Å²) in [6.07, 6.45) is 2.45. The van der Waals surface area contributed by atoms with Crippen LogP contribution in [0.25, 0.3) is 0 Å². The lowest BCUT2D eigenvalue weighted by Crippen LogP contribution is -2.25. The molecule has 0 unspecified atom stereocenters. The number of carbonyl (C=O) groups excluding carboxylic acids is 1. The molecule has 3 N–H and O–H groups in total. The fraction of sp³-hybridized carbons (Fsp3) is 0.364. The van der Waals surface area contributed by atoms with E-state index in [9.17, 15) is 13.6 Å². The van der Waals surface area contributed by atoms with Crippen molar-refractivity contribution in [1.82, 2.24) is 20.1 Å². The van der Waals surface area contributed by atoms with Crippen LogP contribution in [0.2, 0.25) is 0 Å². The summed E-state index contributed by atoms with van der Waals surface area (Å²) in [6.45, 7) is -2.33. The Morgan fingerprint density at radius 2 is 2.35 bits per heavy atom. The van der Waals surface area contributed by atoms with Gasteiger partial charge in [0.15, 0.2) is 5.13 Å². The van der Waals surface area contributed by atoms with E-state index in [4.69, 9.17) is 5.73 Å². The fourth-order valence-corrected chi connectivity index (χ4v) is 2.16. The number of aromatic nitrogens is 3. The van der Waals surface area contributed by atoms with Gasteiger partial charge in [-0.15, -0.1) is 11.3 Å². The van der Waals surface area contributed by atoms with E-state index in [2.05, 4.69) is 15.4 Å². The molecule has 0 fully saturated rings. The van der Waals surface area contributed by atoms with Gasteiger partial charge in [0.2, 0.25) is 0 Å². The number of rotatable bonds is 6. The van der Waals surface area contributed by atoms with Crippen molar-refractivity contribution < 1.29 is 13.6 Å². The molecule has 0 spiro atoms. The minimum Gasteiger partial charge on any atom is -0.375 e. The van der Waals surface area contributed by atoms with Crippen LogP contribution in [0.4, 0.5) is 13.9 Å². The van der Waals surface area contributed by atoms with Crippen molar-refractivity contribution >= 4 is 22.4 Å². The van der Waals surface area contributed by atoms with E-state index < -0.39 is 12.5 Å². The van der Waals surface area contributed by atoms with Gasteiger partial charge in [0, 0.05) is 18.1 Å². The Kier molecular flexibility index (Phi) is 4.61. The summed E-state index contributed by atoms with van der Waals surface area (Å²) >= 11 is 1.37. The lowest BCUT2D eigenvalue weighted by atomic mass is 10.2. The summed E-state index contributed by atoms with van der Waals surface area (Å²) in [5, 5.41) is 8.47. The van der Waals surface area contributed by atoms with Crippen LogP contribution >= 0.6 is 11.3 Å². The van der Waals surface area contributed by atoms with Crippen molar-refractivity contribution in [1.29, 1.82) is 0 Å². The van der Waals surface area contributed by atoms with Crippen LogP contribution in [-0.2, 0) is 6.42 Å². The topological polar surface area (TPSA) is 85.8 Å². The van der Waals surface area contributed by atoms with Gasteiger partial charge in [0.1, 0.15) is 5.69 Å².